The molecule has 0 bridgehead atoms. The van der Waals surface area contributed by atoms with Gasteiger partial charge in [-0.15, -0.1) is 11.6 Å². The molecule has 4 heterocycles. The Morgan fingerprint density at radius 3 is 2.63 bits per heavy atom. The van der Waals surface area contributed by atoms with Crippen LogP contribution >= 0.6 is 11.6 Å². The van der Waals surface area contributed by atoms with Crippen molar-refractivity contribution in [3.63, 3.8) is 0 Å². The number of nitrogens with one attached hydrogen (secondary N) is 1. The fourth-order valence-electron chi connectivity index (χ4n) is 5.39. The summed E-state index contributed by atoms with van der Waals surface area (Å²) >= 11 is 6.46. The van der Waals surface area contributed by atoms with Gasteiger partial charge in [0.1, 0.15) is 12.2 Å². The number of aromatic nitrogens is 5. The van der Waals surface area contributed by atoms with E-state index in [0.717, 1.165) is 52.1 Å². The quantitative estimate of drug-likeness (QED) is 0.282. The van der Waals surface area contributed by atoms with Crippen molar-refractivity contribution in [1.82, 2.24) is 34.5 Å². The van der Waals surface area contributed by atoms with Crippen LogP contribution in [0.25, 0.3) is 22.2 Å². The Morgan fingerprint density at radius 1 is 1.12 bits per heavy atom. The number of benzene rings is 1. The molecule has 1 saturated heterocycles. The van der Waals surface area contributed by atoms with E-state index in [9.17, 15) is 18.0 Å². The minimum absolute atomic E-state index is 0.0318. The molecule has 0 spiro atoms. The molecule has 1 atom stereocenters. The number of imidazole rings is 1. The zero-order chi connectivity index (χ0) is 28.8. The van der Waals surface area contributed by atoms with Gasteiger partial charge in [0, 0.05) is 62.3 Å². The second-order valence-electron chi connectivity index (χ2n) is 11.1. The number of carbonyl (C=O) groups is 1. The summed E-state index contributed by atoms with van der Waals surface area (Å²) in [4.78, 5) is 28.0. The highest BCUT2D eigenvalue weighted by Crippen LogP contribution is 2.43. The monoisotopic (exact) mass is 585 g/mol. The van der Waals surface area contributed by atoms with Crippen LogP contribution in [0.4, 0.5) is 13.2 Å². The average molecular weight is 586 g/mol. The summed E-state index contributed by atoms with van der Waals surface area (Å²) in [6, 6.07) is 10.1. The van der Waals surface area contributed by atoms with Gasteiger partial charge in [-0.3, -0.25) is 19.4 Å². The fourth-order valence-corrected chi connectivity index (χ4v) is 5.60. The molecule has 1 amide bonds. The highest BCUT2D eigenvalue weighted by atomic mass is 35.5. The third-order valence-electron chi connectivity index (χ3n) is 7.97. The standard InChI is InChI=1S/C29H31ClF3N7O/c1-19(38-8-10-39(11-9-38)27(41)15-29(31,32)33)20-4-7-34-23(12-20)14-26-36-24-3-2-21(13-25(24)37-26)22-16-35-40(17-22)18-28(30)5-6-28/h2-4,7,12-13,16-17,19H,5-6,8-11,14-15,18H2,1H3,(H,36,37). The fraction of sp³-hybridized carbons (Fsp3) is 0.448. The summed E-state index contributed by atoms with van der Waals surface area (Å²) in [6.45, 7) is 4.38. The predicted molar refractivity (Wildman–Crippen MR) is 149 cm³/mol. The second kappa shape index (κ2) is 10.8. The van der Waals surface area contributed by atoms with Gasteiger partial charge in [-0.05, 0) is 55.2 Å². The highest BCUT2D eigenvalue weighted by molar-refractivity contribution is 6.25. The second-order valence-corrected chi connectivity index (χ2v) is 11.9. The number of halogens is 4. The van der Waals surface area contributed by atoms with E-state index in [-0.39, 0.29) is 24.0 Å². The van der Waals surface area contributed by atoms with Crippen LogP contribution in [-0.4, -0.2) is 77.7 Å². The van der Waals surface area contributed by atoms with Gasteiger partial charge in [0.2, 0.25) is 5.91 Å². The van der Waals surface area contributed by atoms with Crippen molar-refractivity contribution in [1.29, 1.82) is 0 Å². The Morgan fingerprint density at radius 2 is 1.90 bits per heavy atom. The molecule has 12 heteroatoms. The molecule has 0 radical (unpaired) electrons. The number of rotatable bonds is 8. The first-order valence-electron chi connectivity index (χ1n) is 13.8. The number of aromatic amines is 1. The van der Waals surface area contributed by atoms with Crippen LogP contribution in [0, 0.1) is 0 Å². The van der Waals surface area contributed by atoms with Crippen molar-refractivity contribution in [2.24, 2.45) is 0 Å². The number of alkyl halides is 4. The lowest BCUT2D eigenvalue weighted by Gasteiger charge is -2.38. The van der Waals surface area contributed by atoms with Gasteiger partial charge in [-0.2, -0.15) is 18.3 Å². The maximum absolute atomic E-state index is 12.6. The highest BCUT2D eigenvalue weighted by Gasteiger charge is 2.41. The molecule has 1 aliphatic carbocycles. The lowest BCUT2D eigenvalue weighted by atomic mass is 10.1. The molecular weight excluding hydrogens is 555 g/mol. The van der Waals surface area contributed by atoms with Crippen LogP contribution in [0.15, 0.2) is 48.9 Å². The maximum Gasteiger partial charge on any atom is 0.397 e. The van der Waals surface area contributed by atoms with Gasteiger partial charge < -0.3 is 9.88 Å². The van der Waals surface area contributed by atoms with Gasteiger partial charge in [-0.25, -0.2) is 4.98 Å². The first-order chi connectivity index (χ1) is 19.5. The largest absolute Gasteiger partial charge is 0.397 e. The van der Waals surface area contributed by atoms with Crippen molar-refractivity contribution >= 4 is 28.5 Å². The van der Waals surface area contributed by atoms with E-state index in [1.54, 1.807) is 6.20 Å². The summed E-state index contributed by atoms with van der Waals surface area (Å²) in [7, 11) is 0. The van der Waals surface area contributed by atoms with Crippen molar-refractivity contribution in [3.8, 4) is 11.1 Å². The number of piperazine rings is 1. The molecular formula is C29H31ClF3N7O. The van der Waals surface area contributed by atoms with Crippen LogP contribution in [0.1, 0.15) is 49.3 Å². The zero-order valence-corrected chi connectivity index (χ0v) is 23.4. The molecule has 1 aromatic carbocycles. The summed E-state index contributed by atoms with van der Waals surface area (Å²) in [6.07, 6.45) is 2.35. The molecule has 1 aliphatic heterocycles. The van der Waals surface area contributed by atoms with Crippen LogP contribution < -0.4 is 0 Å². The molecule has 8 nitrogen and oxygen atoms in total. The van der Waals surface area contributed by atoms with E-state index >= 15 is 0 Å². The minimum atomic E-state index is -4.48. The third-order valence-corrected chi connectivity index (χ3v) is 8.47. The van der Waals surface area contributed by atoms with Crippen molar-refractivity contribution < 1.29 is 18.0 Å². The molecule has 6 rings (SSSR count). The molecule has 1 unspecified atom stereocenters. The Hall–Kier alpha value is -3.44. The Labute approximate surface area is 240 Å². The SMILES string of the molecule is CC(c1ccnc(Cc2nc3ccc(-c4cnn(CC5(Cl)CC5)c4)cc3[nH]2)c1)N1CCN(C(=O)CC(F)(F)F)CC1. The van der Waals surface area contributed by atoms with Gasteiger partial charge >= 0.3 is 6.18 Å². The van der Waals surface area contributed by atoms with Crippen LogP contribution in [0.5, 0.6) is 0 Å². The van der Waals surface area contributed by atoms with Crippen LogP contribution in [-0.2, 0) is 17.8 Å². The maximum atomic E-state index is 12.6. The number of nitrogens with zero attached hydrogens (tertiary/aromatic N) is 6. The number of fused-ring (bicyclic) bond motifs is 1. The summed E-state index contributed by atoms with van der Waals surface area (Å²) in [5, 5.41) is 4.48. The number of carbonyl (C=O) groups excluding carboxylic acids is 1. The summed E-state index contributed by atoms with van der Waals surface area (Å²) in [5.41, 5.74) is 5.81. The number of H-pyrrole nitrogens is 1. The molecule has 3 aromatic heterocycles. The predicted octanol–water partition coefficient (Wildman–Crippen LogP) is 5.34. The van der Waals surface area contributed by atoms with Crippen LogP contribution in [0.3, 0.4) is 0 Å². The number of hydrogen-bond donors (Lipinski definition) is 1. The topological polar surface area (TPSA) is 82.9 Å². The van der Waals surface area contributed by atoms with E-state index in [1.165, 1.54) is 4.90 Å². The number of amides is 1. The van der Waals surface area contributed by atoms with Crippen molar-refractivity contribution in [2.45, 2.75) is 56.2 Å². The Balaban J connectivity index is 1.09. The third kappa shape index (κ3) is 6.56. The smallest absolute Gasteiger partial charge is 0.342 e. The normalized spacial score (nSPS) is 18.1. The molecule has 4 aromatic rings. The summed E-state index contributed by atoms with van der Waals surface area (Å²) in [5.74, 6) is -0.0541. The first kappa shape index (κ1) is 27.7. The molecule has 1 N–H and O–H groups in total. The van der Waals surface area contributed by atoms with E-state index in [0.29, 0.717) is 26.1 Å². The van der Waals surface area contributed by atoms with Gasteiger partial charge in [-0.1, -0.05) is 6.07 Å². The van der Waals surface area contributed by atoms with Gasteiger partial charge in [0.05, 0.1) is 28.6 Å². The van der Waals surface area contributed by atoms with E-state index in [4.69, 9.17) is 16.6 Å². The van der Waals surface area contributed by atoms with E-state index < -0.39 is 18.5 Å². The lowest BCUT2D eigenvalue weighted by Crippen LogP contribution is -2.50. The Bertz CT molecular complexity index is 1550. The molecule has 41 heavy (non-hydrogen) atoms. The van der Waals surface area contributed by atoms with Crippen molar-refractivity contribution in [2.75, 3.05) is 26.2 Å². The van der Waals surface area contributed by atoms with Gasteiger partial charge in [0.25, 0.3) is 0 Å². The van der Waals surface area contributed by atoms with Crippen molar-refractivity contribution in [3.05, 3.63) is 66.0 Å². The average Bonchev–Trinajstić information content (AvgIpc) is 3.30. The molecule has 1 saturated carbocycles. The minimum Gasteiger partial charge on any atom is -0.342 e. The molecule has 2 fully saturated rings. The van der Waals surface area contributed by atoms with E-state index in [1.807, 2.05) is 41.3 Å². The number of pyridine rings is 1. The zero-order valence-electron chi connectivity index (χ0n) is 22.7. The lowest BCUT2D eigenvalue weighted by molar-refractivity contribution is -0.162. The first-order valence-corrected chi connectivity index (χ1v) is 14.2. The number of hydrogen-bond acceptors (Lipinski definition) is 5. The molecule has 2 aliphatic rings. The van der Waals surface area contributed by atoms with Gasteiger partial charge in [0.15, 0.2) is 0 Å². The molecule has 216 valence electrons. The van der Waals surface area contributed by atoms with Crippen LogP contribution in [0.2, 0.25) is 0 Å². The van der Waals surface area contributed by atoms with E-state index in [2.05, 4.69) is 33.0 Å². The Kier molecular flexibility index (Phi) is 7.27. The summed E-state index contributed by atoms with van der Waals surface area (Å²) < 4.78 is 39.7.